The molecule has 38 heavy (non-hydrogen) atoms. The van der Waals surface area contributed by atoms with Crippen LogP contribution >= 0.6 is 35.1 Å². The maximum atomic E-state index is 9.94. The van der Waals surface area contributed by atoms with Gasteiger partial charge in [-0.2, -0.15) is 5.26 Å². The summed E-state index contributed by atoms with van der Waals surface area (Å²) in [5.74, 6) is -0.0982. The van der Waals surface area contributed by atoms with Crippen molar-refractivity contribution in [3.05, 3.63) is 94.7 Å². The molecule has 2 unspecified atom stereocenters. The third-order valence-corrected chi connectivity index (χ3v) is 8.34. The van der Waals surface area contributed by atoms with Gasteiger partial charge in [-0.15, -0.1) is 35.1 Å². The largest absolute Gasteiger partial charge is 0.479 e. The zero-order valence-electron chi connectivity index (χ0n) is 21.9. The second-order valence-electron chi connectivity index (χ2n) is 9.08. The van der Waals surface area contributed by atoms with Crippen LogP contribution in [-0.2, 0) is 9.16 Å². The van der Waals surface area contributed by atoms with Crippen molar-refractivity contribution >= 4 is 49.3 Å². The molecule has 4 rings (SSSR count). The Morgan fingerprint density at radius 1 is 0.868 bits per heavy atom. The molecule has 0 aliphatic rings. The number of aliphatic hydroxyl groups is 1. The maximum Gasteiger partial charge on any atom is 0.215 e. The van der Waals surface area contributed by atoms with Gasteiger partial charge in [0.05, 0.1) is 12.7 Å². The third kappa shape index (κ3) is 9.21. The molecule has 4 aromatic rings. The Morgan fingerprint density at radius 3 is 1.79 bits per heavy atom. The Balaban J connectivity index is 0.000000260. The highest BCUT2D eigenvalue weighted by atomic mass is 35.5. The van der Waals surface area contributed by atoms with Crippen LogP contribution in [0.3, 0.4) is 0 Å². The molecule has 2 aromatic carbocycles. The first-order chi connectivity index (χ1) is 17.7. The first-order valence-electron chi connectivity index (χ1n) is 12.0. The van der Waals surface area contributed by atoms with Crippen LogP contribution in [0.25, 0.3) is 20.9 Å². The summed E-state index contributed by atoms with van der Waals surface area (Å²) in [6, 6.07) is 30.3. The highest BCUT2D eigenvalue weighted by molar-refractivity contribution is 7.16. The van der Waals surface area contributed by atoms with E-state index in [-0.39, 0.29) is 18.3 Å². The first kappa shape index (κ1) is 31.4. The van der Waals surface area contributed by atoms with Gasteiger partial charge < -0.3 is 14.3 Å². The van der Waals surface area contributed by atoms with E-state index >= 15 is 0 Å². The van der Waals surface area contributed by atoms with Gasteiger partial charge in [0, 0.05) is 19.5 Å². The molecule has 0 saturated heterocycles. The highest BCUT2D eigenvalue weighted by Gasteiger charge is 2.23. The normalized spacial score (nSPS) is 12.2. The first-order valence-corrected chi connectivity index (χ1v) is 17.0. The third-order valence-electron chi connectivity index (χ3n) is 5.03. The minimum absolute atomic E-state index is 0. The van der Waals surface area contributed by atoms with Gasteiger partial charge in [-0.1, -0.05) is 60.7 Å². The lowest BCUT2D eigenvalue weighted by Gasteiger charge is -2.20. The topological polar surface area (TPSA) is 86.3 Å². The molecule has 0 radical (unpaired) electrons. The Bertz CT molecular complexity index is 1310. The summed E-state index contributed by atoms with van der Waals surface area (Å²) in [7, 11) is -1.71. The molecule has 0 amide bonds. The predicted molar refractivity (Wildman–Crippen MR) is 164 cm³/mol. The number of aliphatic hydroxyl groups excluding tert-OH is 1. The Hall–Kier alpha value is -2.77. The van der Waals surface area contributed by atoms with Gasteiger partial charge in [0.25, 0.3) is 0 Å². The molecular formula is C29H33ClN2O3S2Si. The van der Waals surface area contributed by atoms with Crippen LogP contribution in [0.1, 0.15) is 28.9 Å². The Morgan fingerprint density at radius 2 is 1.34 bits per heavy atom. The number of halogens is 1. The van der Waals surface area contributed by atoms with Crippen molar-refractivity contribution < 1.29 is 14.3 Å². The van der Waals surface area contributed by atoms with Crippen molar-refractivity contribution in [2.45, 2.75) is 38.8 Å². The molecule has 2 atom stereocenters. The molecule has 2 aromatic heterocycles. The summed E-state index contributed by atoms with van der Waals surface area (Å²) in [4.78, 5) is 3.97. The molecule has 2 heterocycles. The molecule has 0 bridgehead atoms. The number of nitrogens with one attached hydrogen (secondary N) is 1. The van der Waals surface area contributed by atoms with E-state index in [2.05, 4.69) is 43.9 Å². The number of rotatable bonds is 8. The van der Waals surface area contributed by atoms with E-state index in [1.54, 1.807) is 18.3 Å². The van der Waals surface area contributed by atoms with Crippen LogP contribution in [0.5, 0.6) is 0 Å². The van der Waals surface area contributed by atoms with Gasteiger partial charge in [-0.05, 0) is 62.0 Å². The van der Waals surface area contributed by atoms with Crippen molar-refractivity contribution in [1.29, 1.82) is 10.7 Å². The molecule has 0 aliphatic carbocycles. The maximum absolute atomic E-state index is 9.94. The summed E-state index contributed by atoms with van der Waals surface area (Å²) in [5, 5.41) is 26.8. The van der Waals surface area contributed by atoms with Crippen LogP contribution in [-0.4, -0.2) is 25.9 Å². The average Bonchev–Trinajstić information content (AvgIpc) is 3.59. The Labute approximate surface area is 240 Å². The van der Waals surface area contributed by atoms with E-state index in [1.165, 1.54) is 21.8 Å². The standard InChI is InChI=1S/C15H17NOSSi.C14H15NO2S.ClH/c1-19(2,3)17-13(11-16)15-10-9-14(18-15)12-7-5-4-6-8-12;1-2-17-14(15)13(16)12-9-8-11(18-12)10-6-4-3-5-7-10;/h4-10,13H,1-3H3;3-9,13,15-16H,2H2,1H3;1H. The van der Waals surface area contributed by atoms with E-state index in [1.807, 2.05) is 66.7 Å². The molecule has 0 fully saturated rings. The minimum Gasteiger partial charge on any atom is -0.479 e. The van der Waals surface area contributed by atoms with Gasteiger partial charge in [0.1, 0.15) is 0 Å². The van der Waals surface area contributed by atoms with E-state index in [9.17, 15) is 10.4 Å². The van der Waals surface area contributed by atoms with Crippen LogP contribution in [0, 0.1) is 16.7 Å². The second kappa shape index (κ2) is 15.0. The minimum atomic E-state index is -1.71. The average molecular weight is 585 g/mol. The number of hydrogen-bond donors (Lipinski definition) is 2. The number of nitrogens with zero attached hydrogens (tertiary/aromatic N) is 1. The van der Waals surface area contributed by atoms with Gasteiger partial charge in [-0.25, -0.2) is 0 Å². The van der Waals surface area contributed by atoms with Crippen LogP contribution in [0.4, 0.5) is 0 Å². The van der Waals surface area contributed by atoms with E-state index in [0.29, 0.717) is 6.61 Å². The summed E-state index contributed by atoms with van der Waals surface area (Å²) < 4.78 is 10.9. The molecule has 0 spiro atoms. The van der Waals surface area contributed by atoms with Crippen LogP contribution in [0.15, 0.2) is 84.9 Å². The van der Waals surface area contributed by atoms with Crippen molar-refractivity contribution in [2.24, 2.45) is 0 Å². The van der Waals surface area contributed by atoms with Crippen molar-refractivity contribution in [1.82, 2.24) is 0 Å². The van der Waals surface area contributed by atoms with Crippen molar-refractivity contribution in [3.63, 3.8) is 0 Å². The molecule has 2 N–H and O–H groups in total. The molecule has 9 heteroatoms. The molecule has 0 saturated carbocycles. The SMILES string of the molecule is CCOC(=N)C(O)c1ccc(-c2ccccc2)s1.C[Si](C)(C)OC(C#N)c1ccc(-c2ccccc2)s1.Cl. The van der Waals surface area contributed by atoms with Crippen LogP contribution in [0.2, 0.25) is 19.6 Å². The van der Waals surface area contributed by atoms with E-state index in [4.69, 9.17) is 14.6 Å². The highest BCUT2D eigenvalue weighted by Crippen LogP contribution is 2.34. The van der Waals surface area contributed by atoms with E-state index in [0.717, 1.165) is 20.2 Å². The van der Waals surface area contributed by atoms with E-state index < -0.39 is 20.5 Å². The fourth-order valence-electron chi connectivity index (χ4n) is 3.37. The monoisotopic (exact) mass is 584 g/mol. The van der Waals surface area contributed by atoms with Gasteiger partial charge >= 0.3 is 0 Å². The molecular weight excluding hydrogens is 552 g/mol. The van der Waals surface area contributed by atoms with Crippen molar-refractivity contribution in [2.75, 3.05) is 6.61 Å². The molecule has 0 aliphatic heterocycles. The predicted octanol–water partition coefficient (Wildman–Crippen LogP) is 8.72. The fraction of sp³-hybridized carbons (Fsp3) is 0.241. The summed E-state index contributed by atoms with van der Waals surface area (Å²) in [5.41, 5.74) is 2.30. The van der Waals surface area contributed by atoms with Crippen molar-refractivity contribution in [3.8, 4) is 27.0 Å². The number of nitriles is 1. The van der Waals surface area contributed by atoms with Crippen LogP contribution < -0.4 is 0 Å². The summed E-state index contributed by atoms with van der Waals surface area (Å²) in [6.45, 7) is 8.49. The van der Waals surface area contributed by atoms with Gasteiger partial charge in [0.15, 0.2) is 20.5 Å². The Kier molecular flexibility index (Phi) is 12.4. The smallest absolute Gasteiger partial charge is 0.215 e. The lowest BCUT2D eigenvalue weighted by atomic mass is 10.2. The molecule has 5 nitrogen and oxygen atoms in total. The second-order valence-corrected chi connectivity index (χ2v) is 15.8. The van der Waals surface area contributed by atoms with Gasteiger partial charge in [0.2, 0.25) is 5.90 Å². The fourth-order valence-corrected chi connectivity index (χ4v) is 6.33. The molecule has 200 valence electrons. The number of thiophene rings is 2. The lowest BCUT2D eigenvalue weighted by Crippen LogP contribution is -2.27. The lowest BCUT2D eigenvalue weighted by molar-refractivity contribution is 0.193. The number of hydrogen-bond acceptors (Lipinski definition) is 7. The quantitative estimate of drug-likeness (QED) is 0.123. The number of benzene rings is 2. The zero-order valence-corrected chi connectivity index (χ0v) is 25.3. The summed E-state index contributed by atoms with van der Waals surface area (Å²) in [6.07, 6.45) is -1.40. The zero-order chi connectivity index (χ0) is 26.8. The van der Waals surface area contributed by atoms with Gasteiger partial charge in [-0.3, -0.25) is 5.41 Å². The summed E-state index contributed by atoms with van der Waals surface area (Å²) >= 11 is 3.11. The number of ether oxygens (including phenoxy) is 1.